The Labute approximate surface area is 297 Å². The van der Waals surface area contributed by atoms with Gasteiger partial charge in [0.2, 0.25) is 19.1 Å². The van der Waals surface area contributed by atoms with Crippen molar-refractivity contribution < 1.29 is 17.6 Å². The number of piperazine rings is 1. The number of nitrogens with zero attached hydrogens (tertiary/aromatic N) is 5. The molecule has 0 bridgehead atoms. The Balaban J connectivity index is 1.47. The molecule has 0 aliphatic carbocycles. The molecular weight excluding hydrogens is 671 g/mol. The third-order valence-electron chi connectivity index (χ3n) is 8.93. The monoisotopic (exact) mass is 722 g/mol. The molecule has 1 radical (unpaired) electrons. The van der Waals surface area contributed by atoms with Gasteiger partial charge in [0, 0.05) is 38.4 Å². The Morgan fingerprint density at radius 2 is 1.76 bits per heavy atom. The van der Waals surface area contributed by atoms with Crippen LogP contribution in [0, 0.1) is 5.41 Å². The molecule has 50 heavy (non-hydrogen) atoms. The summed E-state index contributed by atoms with van der Waals surface area (Å²) >= 11 is 0. The number of aryl methyl sites for hydroxylation is 1. The average molecular weight is 723 g/mol. The molecule has 1 atom stereocenters. The summed E-state index contributed by atoms with van der Waals surface area (Å²) in [6, 6.07) is 12.3. The Bertz CT molecular complexity index is 1950. The molecule has 1 saturated heterocycles. The van der Waals surface area contributed by atoms with Crippen molar-refractivity contribution in [2.75, 3.05) is 45.1 Å². The van der Waals surface area contributed by atoms with Crippen LogP contribution in [0.4, 0.5) is 5.69 Å². The van der Waals surface area contributed by atoms with E-state index in [9.17, 15) is 13.2 Å². The van der Waals surface area contributed by atoms with Crippen LogP contribution >= 0.6 is 0 Å². The van der Waals surface area contributed by atoms with E-state index in [0.29, 0.717) is 79.5 Å². The third-order valence-corrected chi connectivity index (χ3v) is 11.6. The smallest absolute Gasteiger partial charge is 0.277 e. The number of hydrogen-bond acceptors (Lipinski definition) is 9. The molecule has 14 heteroatoms. The topological polar surface area (TPSA) is 149 Å². The number of nitrogens with one attached hydrogen (secondary N) is 1. The normalized spacial score (nSPS) is 15.6. The minimum Gasteiger partial charge on any atom is -0.493 e. The van der Waals surface area contributed by atoms with E-state index in [0.717, 1.165) is 24.9 Å². The van der Waals surface area contributed by atoms with Gasteiger partial charge in [-0.3, -0.25) is 14.4 Å². The van der Waals surface area contributed by atoms with E-state index in [-0.39, 0.29) is 27.8 Å². The Kier molecular flexibility index (Phi) is 11.9. The summed E-state index contributed by atoms with van der Waals surface area (Å²) in [5.74, 6) is 0.674. The molecule has 5 rings (SSSR count). The van der Waals surface area contributed by atoms with E-state index in [2.05, 4.69) is 43.7 Å². The lowest BCUT2D eigenvalue weighted by atomic mass is 9.89. The zero-order valence-electron chi connectivity index (χ0n) is 30.5. The number of H-pyrrole nitrogens is 1. The number of fused-ring (bicyclic) bond motifs is 1. The van der Waals surface area contributed by atoms with Crippen LogP contribution in [-0.4, -0.2) is 91.8 Å². The molecule has 2 aromatic carbocycles. The predicted molar refractivity (Wildman–Crippen MR) is 200 cm³/mol. The van der Waals surface area contributed by atoms with Gasteiger partial charge in [-0.2, -0.15) is 9.40 Å². The average Bonchev–Trinajstić information content (AvgIpc) is 3.41. The fourth-order valence-corrected chi connectivity index (χ4v) is 8.58. The second-order valence-electron chi connectivity index (χ2n) is 14.3. The number of anilines is 1. The highest BCUT2D eigenvalue weighted by atomic mass is 32.2. The van der Waals surface area contributed by atoms with Gasteiger partial charge >= 0.3 is 0 Å². The number of aromatic nitrogens is 4. The molecule has 0 amide bonds. The van der Waals surface area contributed by atoms with Gasteiger partial charge in [0.05, 0.1) is 35.4 Å². The van der Waals surface area contributed by atoms with E-state index in [1.807, 2.05) is 38.1 Å². The molecule has 1 aliphatic rings. The maximum absolute atomic E-state index is 14.1. The maximum atomic E-state index is 14.1. The predicted octanol–water partition coefficient (Wildman–Crippen LogP) is 5.15. The number of sulfonamides is 1. The molecule has 2 aromatic heterocycles. The van der Waals surface area contributed by atoms with E-state index in [1.54, 1.807) is 22.9 Å². The number of aromatic amines is 1. The van der Waals surface area contributed by atoms with Crippen molar-refractivity contribution in [2.45, 2.75) is 84.5 Å². The first-order chi connectivity index (χ1) is 23.7. The van der Waals surface area contributed by atoms with E-state index < -0.39 is 19.1 Å². The SMILES string of the molecule is CCCOc1ccc(S(=O)(=O)N2CCN(CC(O[Si](C)C)C(C)(C)C)CC2)cc1-c1nc2c(CCC)nn(Cc3ccccc3N)c2c(=O)[nH]1. The van der Waals surface area contributed by atoms with Crippen LogP contribution in [0.3, 0.4) is 0 Å². The van der Waals surface area contributed by atoms with Crippen molar-refractivity contribution in [3.8, 4) is 17.1 Å². The fourth-order valence-electron chi connectivity index (χ4n) is 6.14. The van der Waals surface area contributed by atoms with Crippen molar-refractivity contribution in [3.05, 3.63) is 64.1 Å². The number of para-hydroxylation sites is 1. The Hall–Kier alpha value is -3.56. The van der Waals surface area contributed by atoms with Crippen LogP contribution in [-0.2, 0) is 27.4 Å². The maximum Gasteiger partial charge on any atom is 0.277 e. The first-order valence-electron chi connectivity index (χ1n) is 17.5. The van der Waals surface area contributed by atoms with Gasteiger partial charge in [0.15, 0.2) is 5.52 Å². The highest BCUT2D eigenvalue weighted by Crippen LogP contribution is 2.33. The highest BCUT2D eigenvalue weighted by molar-refractivity contribution is 7.89. The number of nitrogen functional groups attached to an aromatic ring is 1. The lowest BCUT2D eigenvalue weighted by Gasteiger charge is -2.40. The molecule has 12 nitrogen and oxygen atoms in total. The van der Waals surface area contributed by atoms with Crippen molar-refractivity contribution in [1.82, 2.24) is 29.0 Å². The number of benzene rings is 2. The van der Waals surface area contributed by atoms with Crippen LogP contribution in [0.15, 0.2) is 52.2 Å². The molecule has 1 aliphatic heterocycles. The molecule has 0 spiro atoms. The molecule has 3 heterocycles. The molecule has 3 N–H and O–H groups in total. The van der Waals surface area contributed by atoms with E-state index >= 15 is 0 Å². The molecule has 1 unspecified atom stereocenters. The van der Waals surface area contributed by atoms with Crippen molar-refractivity contribution >= 4 is 35.8 Å². The molecular formula is C36H52N7O5SSi. The Morgan fingerprint density at radius 3 is 2.40 bits per heavy atom. The summed E-state index contributed by atoms with van der Waals surface area (Å²) in [6.45, 7) is 18.3. The summed E-state index contributed by atoms with van der Waals surface area (Å²) in [5.41, 5.74) is 9.19. The first kappa shape index (κ1) is 37.7. The van der Waals surface area contributed by atoms with Crippen LogP contribution in [0.2, 0.25) is 13.1 Å². The van der Waals surface area contributed by atoms with Crippen molar-refractivity contribution in [1.29, 1.82) is 0 Å². The van der Waals surface area contributed by atoms with E-state index in [4.69, 9.17) is 25.0 Å². The standard InChI is InChI=1S/C36H52N7O5SSi/c1-8-12-29-32-33(43(40-29)23-25-13-10-11-14-28(25)37)35(44)39-34(38-32)27-22-26(15-16-30(27)47-21-9-2)49(45,46)42-19-17-41(18-20-42)24-31(36(3,4)5)48-50(6)7/h10-11,13-16,22,31H,8-9,12,17-21,23-24,37H2,1-7H3,(H,38,39,44). The van der Waals surface area contributed by atoms with Crippen LogP contribution in [0.1, 0.15) is 58.7 Å². The Morgan fingerprint density at radius 1 is 1.04 bits per heavy atom. The van der Waals surface area contributed by atoms with Crippen LogP contribution in [0.5, 0.6) is 5.75 Å². The molecule has 4 aromatic rings. The molecule has 271 valence electrons. The first-order valence-corrected chi connectivity index (χ1v) is 21.4. The van der Waals surface area contributed by atoms with Crippen LogP contribution < -0.4 is 16.0 Å². The second-order valence-corrected chi connectivity index (χ2v) is 18.2. The number of rotatable bonds is 14. The molecule has 1 fully saturated rings. The zero-order valence-corrected chi connectivity index (χ0v) is 32.3. The van der Waals surface area contributed by atoms with Gasteiger partial charge in [0.1, 0.15) is 17.1 Å². The van der Waals surface area contributed by atoms with Gasteiger partial charge in [-0.1, -0.05) is 59.2 Å². The quantitative estimate of drug-likeness (QED) is 0.133. The van der Waals surface area contributed by atoms with Gasteiger partial charge in [-0.05, 0) is 61.2 Å². The number of nitrogens with two attached hydrogens (primary N) is 1. The van der Waals surface area contributed by atoms with Crippen molar-refractivity contribution in [2.24, 2.45) is 5.41 Å². The van der Waals surface area contributed by atoms with Gasteiger partial charge in [-0.15, -0.1) is 0 Å². The lowest BCUT2D eigenvalue weighted by Crippen LogP contribution is -2.52. The number of ether oxygens (including phenoxy) is 1. The summed E-state index contributed by atoms with van der Waals surface area (Å²) in [6.07, 6.45) is 2.24. The van der Waals surface area contributed by atoms with Gasteiger partial charge in [0.25, 0.3) is 5.56 Å². The highest BCUT2D eigenvalue weighted by Gasteiger charge is 2.33. The fraction of sp³-hybridized carbons (Fsp3) is 0.528. The number of hydrogen-bond donors (Lipinski definition) is 2. The second kappa shape index (κ2) is 15.8. The lowest BCUT2D eigenvalue weighted by molar-refractivity contribution is 0.0378. The van der Waals surface area contributed by atoms with E-state index in [1.165, 1.54) is 4.31 Å². The zero-order chi connectivity index (χ0) is 36.2. The van der Waals surface area contributed by atoms with Gasteiger partial charge < -0.3 is 19.9 Å². The summed E-state index contributed by atoms with van der Waals surface area (Å²) in [5, 5.41) is 4.79. The largest absolute Gasteiger partial charge is 0.493 e. The minimum absolute atomic E-state index is 0.0208. The summed E-state index contributed by atoms with van der Waals surface area (Å²) in [4.78, 5) is 24.1. The van der Waals surface area contributed by atoms with Crippen LogP contribution in [0.25, 0.3) is 22.4 Å². The molecule has 0 saturated carbocycles. The van der Waals surface area contributed by atoms with Gasteiger partial charge in [-0.25, -0.2) is 13.4 Å². The van der Waals surface area contributed by atoms with Crippen molar-refractivity contribution in [3.63, 3.8) is 0 Å². The minimum atomic E-state index is -3.86. The summed E-state index contributed by atoms with van der Waals surface area (Å²) < 4.78 is 43.8. The summed E-state index contributed by atoms with van der Waals surface area (Å²) in [7, 11) is -4.74. The third kappa shape index (κ3) is 8.48.